The van der Waals surface area contributed by atoms with E-state index in [4.69, 9.17) is 0 Å². The average Bonchev–Trinajstić information content (AvgIpc) is 2.41. The maximum Gasteiger partial charge on any atom is 0.416 e. The van der Waals surface area contributed by atoms with Crippen molar-refractivity contribution in [3.05, 3.63) is 35.4 Å². The summed E-state index contributed by atoms with van der Waals surface area (Å²) in [4.78, 5) is 24.0. The number of carbonyl (C=O) groups is 2. The Bertz CT molecular complexity index is 563. The molecule has 122 valence electrons. The van der Waals surface area contributed by atoms with Crippen molar-refractivity contribution in [2.45, 2.75) is 33.0 Å². The number of amides is 2. The van der Waals surface area contributed by atoms with Crippen LogP contribution in [0, 0.1) is 5.41 Å². The molecule has 0 radical (unpaired) electrons. The van der Waals surface area contributed by atoms with Crippen molar-refractivity contribution in [3.63, 3.8) is 0 Å². The molecule has 0 saturated carbocycles. The van der Waals surface area contributed by atoms with Gasteiger partial charge in [0.1, 0.15) is 6.04 Å². The monoisotopic (exact) mass is 316 g/mol. The first-order chi connectivity index (χ1) is 9.96. The third kappa shape index (κ3) is 4.47. The Balaban J connectivity index is 3.03. The van der Waals surface area contributed by atoms with E-state index < -0.39 is 35.0 Å². The molecule has 0 aliphatic heterocycles. The van der Waals surface area contributed by atoms with Gasteiger partial charge in [-0.15, -0.1) is 0 Å². The Hall–Kier alpha value is -2.05. The van der Waals surface area contributed by atoms with E-state index in [1.165, 1.54) is 13.1 Å². The number of likely N-dealkylation sites (N-methyl/N-ethyl adjacent to an activating group) is 1. The highest BCUT2D eigenvalue weighted by atomic mass is 19.4. The zero-order chi connectivity index (χ0) is 17.1. The van der Waals surface area contributed by atoms with Gasteiger partial charge in [0.25, 0.3) is 5.91 Å². The first-order valence-electron chi connectivity index (χ1n) is 6.66. The molecule has 2 amide bonds. The Morgan fingerprint density at radius 1 is 1.14 bits per heavy atom. The summed E-state index contributed by atoms with van der Waals surface area (Å²) >= 11 is 0. The first kappa shape index (κ1) is 18.0. The van der Waals surface area contributed by atoms with Crippen molar-refractivity contribution < 1.29 is 22.8 Å². The predicted molar refractivity (Wildman–Crippen MR) is 76.2 cm³/mol. The number of carbonyl (C=O) groups excluding carboxylic acids is 2. The fraction of sp³-hybridized carbons (Fsp3) is 0.467. The zero-order valence-corrected chi connectivity index (χ0v) is 12.8. The van der Waals surface area contributed by atoms with Crippen LogP contribution in [0.15, 0.2) is 24.3 Å². The molecule has 1 aromatic rings. The molecular formula is C15H19F3N2O2. The minimum atomic E-state index is -4.53. The molecule has 0 bridgehead atoms. The molecule has 0 aliphatic carbocycles. The van der Waals surface area contributed by atoms with E-state index in [0.29, 0.717) is 0 Å². The minimum absolute atomic E-state index is 0.145. The summed E-state index contributed by atoms with van der Waals surface area (Å²) in [6.45, 7) is 5.25. The second-order valence-electron chi connectivity index (χ2n) is 5.97. The highest BCUT2D eigenvalue weighted by Crippen LogP contribution is 2.29. The van der Waals surface area contributed by atoms with Gasteiger partial charge in [-0.2, -0.15) is 13.2 Å². The van der Waals surface area contributed by atoms with Gasteiger partial charge >= 0.3 is 6.18 Å². The molecule has 7 heteroatoms. The highest BCUT2D eigenvalue weighted by Gasteiger charge is 2.34. The van der Waals surface area contributed by atoms with Gasteiger partial charge in [-0.3, -0.25) is 9.59 Å². The van der Waals surface area contributed by atoms with Crippen LogP contribution in [0.5, 0.6) is 0 Å². The third-order valence-electron chi connectivity index (χ3n) is 3.10. The maximum atomic E-state index is 12.7. The molecule has 0 aromatic heterocycles. The van der Waals surface area contributed by atoms with E-state index in [9.17, 15) is 22.8 Å². The SMILES string of the molecule is CNC(=O)[C@H](NC(=O)c1cccc(C(F)(F)F)c1)C(C)(C)C. The molecule has 0 aliphatic rings. The normalized spacial score (nSPS) is 13.4. The second kappa shape index (κ2) is 6.37. The van der Waals surface area contributed by atoms with E-state index in [-0.39, 0.29) is 5.56 Å². The van der Waals surface area contributed by atoms with Crippen LogP contribution in [0.3, 0.4) is 0 Å². The van der Waals surface area contributed by atoms with Gasteiger partial charge < -0.3 is 10.6 Å². The Kier molecular flexibility index (Phi) is 5.22. The van der Waals surface area contributed by atoms with Crippen LogP contribution in [-0.2, 0) is 11.0 Å². The summed E-state index contributed by atoms with van der Waals surface area (Å²) in [5.41, 5.74) is -1.64. The van der Waals surface area contributed by atoms with E-state index in [1.807, 2.05) is 0 Å². The van der Waals surface area contributed by atoms with Crippen molar-refractivity contribution in [3.8, 4) is 0 Å². The Morgan fingerprint density at radius 3 is 2.18 bits per heavy atom. The van der Waals surface area contributed by atoms with Crippen LogP contribution in [0.2, 0.25) is 0 Å². The molecule has 0 spiro atoms. The van der Waals surface area contributed by atoms with Crippen molar-refractivity contribution in [1.82, 2.24) is 10.6 Å². The molecule has 0 heterocycles. The molecule has 22 heavy (non-hydrogen) atoms. The number of hydrogen-bond acceptors (Lipinski definition) is 2. The van der Waals surface area contributed by atoms with Crippen LogP contribution in [0.1, 0.15) is 36.7 Å². The topological polar surface area (TPSA) is 58.2 Å². The van der Waals surface area contributed by atoms with Gasteiger partial charge in [0.05, 0.1) is 5.56 Å². The fourth-order valence-corrected chi connectivity index (χ4v) is 1.87. The number of benzene rings is 1. The summed E-state index contributed by atoms with van der Waals surface area (Å²) in [5, 5.41) is 4.91. The Morgan fingerprint density at radius 2 is 1.73 bits per heavy atom. The van der Waals surface area contributed by atoms with Crippen LogP contribution in [0.4, 0.5) is 13.2 Å². The molecule has 0 fully saturated rings. The molecule has 1 atom stereocenters. The van der Waals surface area contributed by atoms with Crippen LogP contribution >= 0.6 is 0 Å². The van der Waals surface area contributed by atoms with Gasteiger partial charge in [0.2, 0.25) is 5.91 Å². The summed E-state index contributed by atoms with van der Waals surface area (Å²) in [6, 6.07) is 3.22. The van der Waals surface area contributed by atoms with Crippen molar-refractivity contribution in [1.29, 1.82) is 0 Å². The second-order valence-corrected chi connectivity index (χ2v) is 5.97. The lowest BCUT2D eigenvalue weighted by molar-refractivity contribution is -0.137. The highest BCUT2D eigenvalue weighted by molar-refractivity contribution is 5.97. The quantitative estimate of drug-likeness (QED) is 0.900. The van der Waals surface area contributed by atoms with Gasteiger partial charge in [0, 0.05) is 12.6 Å². The fourth-order valence-electron chi connectivity index (χ4n) is 1.87. The molecule has 0 unspecified atom stereocenters. The first-order valence-corrected chi connectivity index (χ1v) is 6.66. The third-order valence-corrected chi connectivity index (χ3v) is 3.10. The number of alkyl halides is 3. The zero-order valence-electron chi connectivity index (χ0n) is 12.8. The molecule has 2 N–H and O–H groups in total. The van der Waals surface area contributed by atoms with E-state index in [1.54, 1.807) is 20.8 Å². The molecular weight excluding hydrogens is 297 g/mol. The summed E-state index contributed by atoms with van der Waals surface area (Å²) < 4.78 is 38.0. The molecule has 4 nitrogen and oxygen atoms in total. The van der Waals surface area contributed by atoms with Gasteiger partial charge in [-0.1, -0.05) is 26.8 Å². The number of rotatable bonds is 3. The Labute approximate surface area is 127 Å². The lowest BCUT2D eigenvalue weighted by Gasteiger charge is -2.29. The van der Waals surface area contributed by atoms with Gasteiger partial charge in [0.15, 0.2) is 0 Å². The van der Waals surface area contributed by atoms with E-state index >= 15 is 0 Å². The number of hydrogen-bond donors (Lipinski definition) is 2. The molecule has 1 rings (SSSR count). The average molecular weight is 316 g/mol. The van der Waals surface area contributed by atoms with Crippen molar-refractivity contribution in [2.24, 2.45) is 5.41 Å². The minimum Gasteiger partial charge on any atom is -0.357 e. The van der Waals surface area contributed by atoms with Crippen molar-refractivity contribution >= 4 is 11.8 Å². The molecule has 1 aromatic carbocycles. The van der Waals surface area contributed by atoms with E-state index in [2.05, 4.69) is 10.6 Å². The lowest BCUT2D eigenvalue weighted by Crippen LogP contribution is -2.52. The predicted octanol–water partition coefficient (Wildman–Crippen LogP) is 2.60. The van der Waals surface area contributed by atoms with Crippen LogP contribution < -0.4 is 10.6 Å². The largest absolute Gasteiger partial charge is 0.416 e. The summed E-state index contributed by atoms with van der Waals surface area (Å²) in [7, 11) is 1.43. The number of halogens is 3. The van der Waals surface area contributed by atoms with Crippen molar-refractivity contribution in [2.75, 3.05) is 7.05 Å². The standard InChI is InChI=1S/C15H19F3N2O2/c1-14(2,3)11(13(22)19-4)20-12(21)9-6-5-7-10(8-9)15(16,17)18/h5-8,11H,1-4H3,(H,19,22)(H,20,21)/t11-/m0/s1. The lowest BCUT2D eigenvalue weighted by atomic mass is 9.86. The summed E-state index contributed by atoms with van der Waals surface area (Å²) in [6.07, 6.45) is -4.53. The van der Waals surface area contributed by atoms with Crippen LogP contribution in [-0.4, -0.2) is 24.9 Å². The number of nitrogens with one attached hydrogen (secondary N) is 2. The van der Waals surface area contributed by atoms with E-state index in [0.717, 1.165) is 18.2 Å². The van der Waals surface area contributed by atoms with Crippen LogP contribution in [0.25, 0.3) is 0 Å². The maximum absolute atomic E-state index is 12.7. The molecule has 0 saturated heterocycles. The van der Waals surface area contributed by atoms with Gasteiger partial charge in [-0.25, -0.2) is 0 Å². The van der Waals surface area contributed by atoms with Gasteiger partial charge in [-0.05, 0) is 23.6 Å². The smallest absolute Gasteiger partial charge is 0.357 e. The summed E-state index contributed by atoms with van der Waals surface area (Å²) in [5.74, 6) is -1.14.